The SMILES string of the molecule is CC(C)(C)c1ccc(/C=C\C(=O)Nc2ccc(C(N)=O)cc2)cc1. The van der Waals surface area contributed by atoms with Gasteiger partial charge in [-0.2, -0.15) is 0 Å². The van der Waals surface area contributed by atoms with E-state index in [-0.39, 0.29) is 11.3 Å². The molecule has 0 bridgehead atoms. The lowest BCUT2D eigenvalue weighted by atomic mass is 9.87. The number of benzene rings is 2. The highest BCUT2D eigenvalue weighted by molar-refractivity contribution is 6.02. The van der Waals surface area contributed by atoms with E-state index in [9.17, 15) is 9.59 Å². The van der Waals surface area contributed by atoms with Gasteiger partial charge in [0.2, 0.25) is 11.8 Å². The zero-order valence-electron chi connectivity index (χ0n) is 14.2. The number of anilines is 1. The molecule has 0 fully saturated rings. The van der Waals surface area contributed by atoms with Crippen LogP contribution in [0.1, 0.15) is 42.3 Å². The van der Waals surface area contributed by atoms with Crippen LogP contribution < -0.4 is 11.1 Å². The van der Waals surface area contributed by atoms with E-state index in [0.29, 0.717) is 11.3 Å². The maximum Gasteiger partial charge on any atom is 0.248 e. The molecule has 3 N–H and O–H groups in total. The van der Waals surface area contributed by atoms with Crippen LogP contribution in [0.25, 0.3) is 6.08 Å². The Morgan fingerprint density at radius 3 is 2.04 bits per heavy atom. The first-order valence-corrected chi connectivity index (χ1v) is 7.75. The Labute approximate surface area is 142 Å². The molecule has 2 amide bonds. The summed E-state index contributed by atoms with van der Waals surface area (Å²) in [6.07, 6.45) is 3.24. The lowest BCUT2D eigenvalue weighted by molar-refractivity contribution is -0.111. The summed E-state index contributed by atoms with van der Waals surface area (Å²) in [6, 6.07) is 14.6. The second-order valence-electron chi connectivity index (χ2n) is 6.64. The lowest BCUT2D eigenvalue weighted by Crippen LogP contribution is -2.11. The van der Waals surface area contributed by atoms with E-state index in [1.165, 1.54) is 11.6 Å². The topological polar surface area (TPSA) is 72.2 Å². The summed E-state index contributed by atoms with van der Waals surface area (Å²) in [7, 11) is 0. The van der Waals surface area contributed by atoms with E-state index < -0.39 is 5.91 Å². The van der Waals surface area contributed by atoms with Crippen molar-refractivity contribution in [1.82, 2.24) is 0 Å². The molecular formula is C20H22N2O2. The summed E-state index contributed by atoms with van der Waals surface area (Å²) in [6.45, 7) is 6.48. The van der Waals surface area contributed by atoms with E-state index in [0.717, 1.165) is 5.56 Å². The van der Waals surface area contributed by atoms with Gasteiger partial charge in [-0.25, -0.2) is 0 Å². The van der Waals surface area contributed by atoms with Gasteiger partial charge in [-0.1, -0.05) is 45.0 Å². The molecule has 4 heteroatoms. The standard InChI is InChI=1S/C20H22N2O2/c1-20(2,3)16-9-4-14(5-10-16)6-13-18(23)22-17-11-7-15(8-12-17)19(21)24/h4-13H,1-3H3,(H2,21,24)(H,22,23)/b13-6-. The van der Waals surface area contributed by atoms with Gasteiger partial charge in [0.05, 0.1) is 0 Å². The third-order valence-corrected chi connectivity index (χ3v) is 3.64. The molecule has 0 spiro atoms. The second-order valence-corrected chi connectivity index (χ2v) is 6.64. The van der Waals surface area contributed by atoms with Gasteiger partial charge < -0.3 is 11.1 Å². The average Bonchev–Trinajstić information content (AvgIpc) is 2.53. The van der Waals surface area contributed by atoms with Crippen molar-refractivity contribution in [2.75, 3.05) is 5.32 Å². The molecule has 0 heterocycles. The van der Waals surface area contributed by atoms with Crippen molar-refractivity contribution in [2.24, 2.45) is 5.73 Å². The van der Waals surface area contributed by atoms with E-state index in [4.69, 9.17) is 5.73 Å². The van der Waals surface area contributed by atoms with Crippen molar-refractivity contribution in [2.45, 2.75) is 26.2 Å². The number of primary amides is 1. The summed E-state index contributed by atoms with van der Waals surface area (Å²) < 4.78 is 0. The van der Waals surface area contributed by atoms with Crippen molar-refractivity contribution in [1.29, 1.82) is 0 Å². The van der Waals surface area contributed by atoms with Crippen LogP contribution in [-0.4, -0.2) is 11.8 Å². The van der Waals surface area contributed by atoms with E-state index in [2.05, 4.69) is 38.2 Å². The smallest absolute Gasteiger partial charge is 0.248 e. The van der Waals surface area contributed by atoms with Crippen molar-refractivity contribution < 1.29 is 9.59 Å². The first-order valence-electron chi connectivity index (χ1n) is 7.75. The molecule has 0 aliphatic rings. The van der Waals surface area contributed by atoms with Crippen LogP contribution in [0, 0.1) is 0 Å². The number of hydrogen-bond acceptors (Lipinski definition) is 2. The Bertz CT molecular complexity index is 752. The molecule has 4 nitrogen and oxygen atoms in total. The number of nitrogens with one attached hydrogen (secondary N) is 1. The average molecular weight is 322 g/mol. The Balaban J connectivity index is 1.98. The number of rotatable bonds is 4. The monoisotopic (exact) mass is 322 g/mol. The molecule has 0 aliphatic carbocycles. The van der Waals surface area contributed by atoms with Crippen LogP contribution in [0.4, 0.5) is 5.69 Å². The lowest BCUT2D eigenvalue weighted by Gasteiger charge is -2.18. The van der Waals surface area contributed by atoms with Crippen molar-refractivity contribution in [3.8, 4) is 0 Å². The highest BCUT2D eigenvalue weighted by atomic mass is 16.1. The van der Waals surface area contributed by atoms with Gasteiger partial charge in [0.25, 0.3) is 0 Å². The van der Waals surface area contributed by atoms with Gasteiger partial charge in [0.15, 0.2) is 0 Å². The fourth-order valence-corrected chi connectivity index (χ4v) is 2.17. The van der Waals surface area contributed by atoms with Crippen molar-refractivity contribution >= 4 is 23.6 Å². The maximum absolute atomic E-state index is 11.9. The van der Waals surface area contributed by atoms with Gasteiger partial charge in [-0.05, 0) is 46.9 Å². The third kappa shape index (κ3) is 4.81. The normalized spacial score (nSPS) is 11.5. The summed E-state index contributed by atoms with van der Waals surface area (Å²) in [5, 5.41) is 2.74. The van der Waals surface area contributed by atoms with Crippen molar-refractivity contribution in [3.05, 3.63) is 71.3 Å². The Kier molecular flexibility index (Phi) is 5.19. The number of hydrogen-bond donors (Lipinski definition) is 2. The molecule has 0 unspecified atom stereocenters. The Hall–Kier alpha value is -2.88. The van der Waals surface area contributed by atoms with Crippen LogP contribution in [0.5, 0.6) is 0 Å². The van der Waals surface area contributed by atoms with Gasteiger partial charge >= 0.3 is 0 Å². The summed E-state index contributed by atoms with van der Waals surface area (Å²) in [5.41, 5.74) is 8.51. The molecule has 24 heavy (non-hydrogen) atoms. The first kappa shape index (κ1) is 17.5. The molecule has 0 radical (unpaired) electrons. The van der Waals surface area contributed by atoms with E-state index in [1.807, 2.05) is 12.1 Å². The third-order valence-electron chi connectivity index (χ3n) is 3.64. The molecule has 0 aliphatic heterocycles. The molecule has 2 aromatic rings. The fraction of sp³-hybridized carbons (Fsp3) is 0.200. The van der Waals surface area contributed by atoms with Crippen molar-refractivity contribution in [3.63, 3.8) is 0 Å². The van der Waals surface area contributed by atoms with Gasteiger partial charge in [0, 0.05) is 17.3 Å². The van der Waals surface area contributed by atoms with Crippen LogP contribution >= 0.6 is 0 Å². The summed E-state index contributed by atoms with van der Waals surface area (Å²) in [4.78, 5) is 22.9. The zero-order chi connectivity index (χ0) is 17.7. The van der Waals surface area contributed by atoms with Gasteiger partial charge in [-0.3, -0.25) is 9.59 Å². The van der Waals surface area contributed by atoms with Crippen LogP contribution in [0.2, 0.25) is 0 Å². The molecule has 0 saturated heterocycles. The number of carbonyl (C=O) groups excluding carboxylic acids is 2. The molecule has 124 valence electrons. The highest BCUT2D eigenvalue weighted by Crippen LogP contribution is 2.22. The van der Waals surface area contributed by atoms with Crippen LogP contribution in [-0.2, 0) is 10.2 Å². The molecule has 2 aromatic carbocycles. The number of carbonyl (C=O) groups is 2. The quantitative estimate of drug-likeness (QED) is 0.842. The first-order chi connectivity index (χ1) is 11.3. The van der Waals surface area contributed by atoms with E-state index >= 15 is 0 Å². The minimum Gasteiger partial charge on any atom is -0.366 e. The van der Waals surface area contributed by atoms with Gasteiger partial charge in [0.1, 0.15) is 0 Å². The summed E-state index contributed by atoms with van der Waals surface area (Å²) >= 11 is 0. The highest BCUT2D eigenvalue weighted by Gasteiger charge is 2.12. The molecule has 0 saturated carbocycles. The molecule has 0 aromatic heterocycles. The Morgan fingerprint density at radius 2 is 1.54 bits per heavy atom. The minimum absolute atomic E-state index is 0.108. The zero-order valence-corrected chi connectivity index (χ0v) is 14.2. The van der Waals surface area contributed by atoms with E-state index in [1.54, 1.807) is 30.3 Å². The predicted molar refractivity (Wildman–Crippen MR) is 97.8 cm³/mol. The number of amides is 2. The largest absolute Gasteiger partial charge is 0.366 e. The summed E-state index contributed by atoms with van der Waals surface area (Å²) in [5.74, 6) is -0.729. The Morgan fingerprint density at radius 1 is 0.958 bits per heavy atom. The molecule has 0 atom stereocenters. The number of nitrogens with two attached hydrogens (primary N) is 1. The molecule has 2 rings (SSSR count). The predicted octanol–water partition coefficient (Wildman–Crippen LogP) is 3.73. The minimum atomic E-state index is -0.494. The fourth-order valence-electron chi connectivity index (χ4n) is 2.17. The van der Waals surface area contributed by atoms with Crippen LogP contribution in [0.15, 0.2) is 54.6 Å². The maximum atomic E-state index is 11.9. The van der Waals surface area contributed by atoms with Gasteiger partial charge in [-0.15, -0.1) is 0 Å². The second kappa shape index (κ2) is 7.13. The molecular weight excluding hydrogens is 300 g/mol. The van der Waals surface area contributed by atoms with Crippen LogP contribution in [0.3, 0.4) is 0 Å².